The van der Waals surface area contributed by atoms with Gasteiger partial charge in [0.05, 0.1) is 10.7 Å². The number of hydrogen-bond donors (Lipinski definition) is 1. The molecule has 0 aliphatic carbocycles. The van der Waals surface area contributed by atoms with Crippen LogP contribution in [-0.4, -0.2) is 23.0 Å². The Morgan fingerprint density at radius 1 is 1.56 bits per heavy atom. The van der Waals surface area contributed by atoms with Gasteiger partial charge in [0.15, 0.2) is 0 Å². The molecular weight excluding hydrogens is 255 g/mol. The van der Waals surface area contributed by atoms with Gasteiger partial charge in [0, 0.05) is 30.5 Å². The number of nitrogens with one attached hydrogen (secondary N) is 1. The number of nitro groups is 1. The first-order valence-corrected chi connectivity index (χ1v) is 6.46. The minimum absolute atomic E-state index is 0.268. The van der Waals surface area contributed by atoms with E-state index in [0.717, 1.165) is 11.8 Å². The van der Waals surface area contributed by atoms with Gasteiger partial charge >= 0.3 is 5.69 Å². The number of nitrogens with zero attached hydrogens (tertiary/aromatic N) is 1. The maximum Gasteiger partial charge on any atom is 0.305 e. The highest BCUT2D eigenvalue weighted by atomic mass is 32.2. The minimum atomic E-state index is -0.772. The summed E-state index contributed by atoms with van der Waals surface area (Å²) in [4.78, 5) is 9.82. The van der Waals surface area contributed by atoms with Crippen molar-refractivity contribution in [2.24, 2.45) is 0 Å². The van der Waals surface area contributed by atoms with Crippen LogP contribution in [0.15, 0.2) is 18.2 Å². The zero-order chi connectivity index (χ0) is 13.4. The van der Waals surface area contributed by atoms with E-state index in [-0.39, 0.29) is 6.54 Å². The molecule has 1 N–H and O–H groups in total. The standard InChI is InChI=1S/C12H13FN2O2S/c1-2-7-18-8-6-14-9-10-4-3-5-11(12(10)13)15(16)17/h1,3-5,14H,6-9H2. The summed E-state index contributed by atoms with van der Waals surface area (Å²) in [7, 11) is 0. The molecule has 0 aromatic heterocycles. The molecule has 0 spiro atoms. The van der Waals surface area contributed by atoms with Crippen LogP contribution in [-0.2, 0) is 6.54 Å². The molecule has 1 rings (SSSR count). The van der Waals surface area contributed by atoms with Crippen LogP contribution >= 0.6 is 11.8 Å². The molecule has 6 heteroatoms. The van der Waals surface area contributed by atoms with Crippen molar-refractivity contribution in [2.75, 3.05) is 18.1 Å². The zero-order valence-electron chi connectivity index (χ0n) is 9.69. The summed E-state index contributed by atoms with van der Waals surface area (Å²) in [6.45, 7) is 0.943. The molecule has 0 unspecified atom stereocenters. The van der Waals surface area contributed by atoms with Crippen molar-refractivity contribution in [1.82, 2.24) is 5.32 Å². The van der Waals surface area contributed by atoms with Crippen LogP contribution in [0.3, 0.4) is 0 Å². The van der Waals surface area contributed by atoms with E-state index >= 15 is 0 Å². The average Bonchev–Trinajstić information content (AvgIpc) is 2.35. The third-order valence-corrected chi connectivity index (χ3v) is 3.04. The van der Waals surface area contributed by atoms with Crippen molar-refractivity contribution < 1.29 is 9.31 Å². The molecule has 0 atom stereocenters. The first-order valence-electron chi connectivity index (χ1n) is 5.30. The summed E-state index contributed by atoms with van der Waals surface area (Å²) in [5.41, 5.74) is -0.192. The van der Waals surface area contributed by atoms with Crippen LogP contribution in [0.2, 0.25) is 0 Å². The number of terminal acetylenes is 1. The Morgan fingerprint density at radius 3 is 3.00 bits per heavy atom. The highest BCUT2D eigenvalue weighted by Gasteiger charge is 2.16. The molecule has 18 heavy (non-hydrogen) atoms. The van der Waals surface area contributed by atoms with Crippen LogP contribution in [0.25, 0.3) is 0 Å². The third-order valence-electron chi connectivity index (χ3n) is 2.18. The summed E-state index contributed by atoms with van der Waals surface area (Å²) in [6, 6.07) is 4.16. The van der Waals surface area contributed by atoms with Gasteiger partial charge in [0.2, 0.25) is 5.82 Å². The molecule has 4 nitrogen and oxygen atoms in total. The summed E-state index contributed by atoms with van der Waals surface area (Å²) < 4.78 is 13.6. The first-order chi connectivity index (χ1) is 8.66. The Bertz CT molecular complexity index is 460. The van der Waals surface area contributed by atoms with Gasteiger partial charge in [-0.1, -0.05) is 18.1 Å². The Balaban J connectivity index is 2.46. The summed E-state index contributed by atoms with van der Waals surface area (Å²) in [6.07, 6.45) is 5.09. The predicted molar refractivity (Wildman–Crippen MR) is 70.9 cm³/mol. The van der Waals surface area contributed by atoms with Gasteiger partial charge in [-0.25, -0.2) is 0 Å². The smallest absolute Gasteiger partial charge is 0.305 e. The molecule has 0 saturated carbocycles. The molecule has 0 heterocycles. The van der Waals surface area contributed by atoms with Crippen molar-refractivity contribution >= 4 is 17.4 Å². The van der Waals surface area contributed by atoms with Gasteiger partial charge in [-0.3, -0.25) is 10.1 Å². The predicted octanol–water partition coefficient (Wildman–Crippen LogP) is 2.19. The number of benzene rings is 1. The molecule has 0 amide bonds. The van der Waals surface area contributed by atoms with E-state index in [1.807, 2.05) is 0 Å². The fourth-order valence-electron chi connectivity index (χ4n) is 1.34. The molecule has 96 valence electrons. The van der Waals surface area contributed by atoms with E-state index in [0.29, 0.717) is 17.9 Å². The second kappa shape index (κ2) is 7.69. The van der Waals surface area contributed by atoms with Crippen LogP contribution in [0.4, 0.5) is 10.1 Å². The largest absolute Gasteiger partial charge is 0.312 e. The molecule has 0 aliphatic rings. The van der Waals surface area contributed by atoms with E-state index in [4.69, 9.17) is 6.42 Å². The van der Waals surface area contributed by atoms with Crippen LogP contribution in [0.1, 0.15) is 5.56 Å². The second-order valence-corrected chi connectivity index (χ2v) is 4.55. The first kappa shape index (κ1) is 14.5. The van der Waals surface area contributed by atoms with Gasteiger partial charge in [0.1, 0.15) is 0 Å². The normalized spacial score (nSPS) is 10.0. The van der Waals surface area contributed by atoms with Gasteiger partial charge in [-0.2, -0.15) is 4.39 Å². The van der Waals surface area contributed by atoms with Crippen molar-refractivity contribution in [3.63, 3.8) is 0 Å². The summed E-state index contributed by atoms with van der Waals surface area (Å²) >= 11 is 1.60. The maximum atomic E-state index is 13.6. The molecule has 0 saturated heterocycles. The highest BCUT2D eigenvalue weighted by molar-refractivity contribution is 7.99. The molecule has 1 aromatic carbocycles. The van der Waals surface area contributed by atoms with Crippen molar-refractivity contribution in [3.05, 3.63) is 39.7 Å². The Kier molecular flexibility index (Phi) is 6.19. The minimum Gasteiger partial charge on any atom is -0.312 e. The third kappa shape index (κ3) is 4.35. The summed E-state index contributed by atoms with van der Waals surface area (Å²) in [5.74, 6) is 3.20. The maximum absolute atomic E-state index is 13.6. The lowest BCUT2D eigenvalue weighted by molar-refractivity contribution is -0.387. The van der Waals surface area contributed by atoms with Crippen molar-refractivity contribution in [2.45, 2.75) is 6.54 Å². The lowest BCUT2D eigenvalue weighted by Crippen LogP contribution is -2.17. The lowest BCUT2D eigenvalue weighted by atomic mass is 10.2. The summed E-state index contributed by atoms with van der Waals surface area (Å²) in [5, 5.41) is 13.6. The quantitative estimate of drug-likeness (QED) is 0.356. The molecule has 0 bridgehead atoms. The average molecular weight is 268 g/mol. The Morgan fingerprint density at radius 2 is 2.33 bits per heavy atom. The van der Waals surface area contributed by atoms with Crippen LogP contribution < -0.4 is 5.32 Å². The Labute approximate surface area is 109 Å². The number of nitro benzene ring substituents is 1. The fourth-order valence-corrected chi connectivity index (χ4v) is 1.89. The molecule has 0 aliphatic heterocycles. The second-order valence-electron chi connectivity index (χ2n) is 3.44. The number of rotatable bonds is 7. The highest BCUT2D eigenvalue weighted by Crippen LogP contribution is 2.19. The topological polar surface area (TPSA) is 55.2 Å². The SMILES string of the molecule is C#CCSCCNCc1cccc([N+](=O)[O-])c1F. The van der Waals surface area contributed by atoms with E-state index in [1.54, 1.807) is 11.8 Å². The lowest BCUT2D eigenvalue weighted by Gasteiger charge is -2.05. The molecule has 0 radical (unpaired) electrons. The fraction of sp³-hybridized carbons (Fsp3) is 0.333. The van der Waals surface area contributed by atoms with Gasteiger partial charge in [0.25, 0.3) is 0 Å². The van der Waals surface area contributed by atoms with Crippen LogP contribution in [0, 0.1) is 28.3 Å². The van der Waals surface area contributed by atoms with Crippen LogP contribution in [0.5, 0.6) is 0 Å². The van der Waals surface area contributed by atoms with E-state index in [2.05, 4.69) is 11.2 Å². The molecule has 0 fully saturated rings. The van der Waals surface area contributed by atoms with Gasteiger partial charge < -0.3 is 5.32 Å². The molecular formula is C12H13FN2O2S. The van der Waals surface area contributed by atoms with Crippen molar-refractivity contribution in [3.8, 4) is 12.3 Å². The number of thioether (sulfide) groups is 1. The van der Waals surface area contributed by atoms with E-state index in [9.17, 15) is 14.5 Å². The van der Waals surface area contributed by atoms with E-state index < -0.39 is 16.4 Å². The monoisotopic (exact) mass is 268 g/mol. The van der Waals surface area contributed by atoms with Crippen molar-refractivity contribution in [1.29, 1.82) is 0 Å². The number of halogens is 1. The van der Waals surface area contributed by atoms with Gasteiger partial charge in [-0.15, -0.1) is 18.2 Å². The zero-order valence-corrected chi connectivity index (χ0v) is 10.5. The number of hydrogen-bond acceptors (Lipinski definition) is 4. The van der Waals surface area contributed by atoms with E-state index in [1.165, 1.54) is 12.1 Å². The van der Waals surface area contributed by atoms with Gasteiger partial charge in [-0.05, 0) is 0 Å². The molecule has 1 aromatic rings. The Hall–Kier alpha value is -1.58.